The number of piperidine rings is 1. The molecule has 2 atom stereocenters. The minimum atomic E-state index is -0.240. The lowest BCUT2D eigenvalue weighted by molar-refractivity contribution is -0.120. The number of nitrogen functional groups attached to an aromatic ring is 1. The van der Waals surface area contributed by atoms with Crippen LogP contribution in [0, 0.1) is 5.92 Å². The Labute approximate surface area is 120 Å². The van der Waals surface area contributed by atoms with Crippen LogP contribution in [0.15, 0.2) is 24.3 Å². The molecular formula is C15H23N3O2. The number of amides is 1. The van der Waals surface area contributed by atoms with Crippen LogP contribution in [0.25, 0.3) is 0 Å². The van der Waals surface area contributed by atoms with Gasteiger partial charge in [-0.3, -0.25) is 9.69 Å². The lowest BCUT2D eigenvalue weighted by Crippen LogP contribution is -2.46. The first-order valence-electron chi connectivity index (χ1n) is 7.00. The fourth-order valence-corrected chi connectivity index (χ4v) is 2.50. The van der Waals surface area contributed by atoms with Crippen LogP contribution < -0.4 is 10.6 Å². The number of nitrogens with zero attached hydrogens (tertiary/aromatic N) is 2. The van der Waals surface area contributed by atoms with Crippen molar-refractivity contribution < 1.29 is 9.90 Å². The molecule has 0 aromatic heterocycles. The predicted octanol–water partition coefficient (Wildman–Crippen LogP) is 0.934. The fourth-order valence-electron chi connectivity index (χ4n) is 2.50. The third kappa shape index (κ3) is 3.49. The fraction of sp³-hybridized carbons (Fsp3) is 0.533. The average Bonchev–Trinajstić information content (AvgIpc) is 2.43. The van der Waals surface area contributed by atoms with Crippen molar-refractivity contribution in [2.45, 2.75) is 19.4 Å². The van der Waals surface area contributed by atoms with E-state index in [9.17, 15) is 9.90 Å². The minimum absolute atomic E-state index is 0.0540. The van der Waals surface area contributed by atoms with E-state index in [1.54, 1.807) is 24.1 Å². The van der Waals surface area contributed by atoms with Gasteiger partial charge in [0.05, 0.1) is 12.6 Å². The summed E-state index contributed by atoms with van der Waals surface area (Å²) in [6.45, 7) is 3.94. The number of carbonyl (C=O) groups excluding carboxylic acids is 1. The van der Waals surface area contributed by atoms with Gasteiger partial charge in [0, 0.05) is 31.5 Å². The van der Waals surface area contributed by atoms with Crippen molar-refractivity contribution in [3.05, 3.63) is 24.3 Å². The Hall–Kier alpha value is -1.59. The molecule has 20 heavy (non-hydrogen) atoms. The Kier molecular flexibility index (Phi) is 4.62. The van der Waals surface area contributed by atoms with Gasteiger partial charge in [-0.25, -0.2) is 0 Å². The summed E-state index contributed by atoms with van der Waals surface area (Å²) in [5, 5.41) is 9.71. The zero-order valence-corrected chi connectivity index (χ0v) is 12.1. The lowest BCUT2D eigenvalue weighted by atomic mass is 9.97. The first-order valence-corrected chi connectivity index (χ1v) is 7.00. The van der Waals surface area contributed by atoms with Crippen LogP contribution >= 0.6 is 0 Å². The summed E-state index contributed by atoms with van der Waals surface area (Å²) in [7, 11) is 1.77. The first kappa shape index (κ1) is 14.8. The minimum Gasteiger partial charge on any atom is -0.399 e. The van der Waals surface area contributed by atoms with Crippen molar-refractivity contribution in [3.63, 3.8) is 0 Å². The maximum absolute atomic E-state index is 12.3. The lowest BCUT2D eigenvalue weighted by Gasteiger charge is -2.34. The summed E-state index contributed by atoms with van der Waals surface area (Å²) in [5.74, 6) is 0.275. The maximum Gasteiger partial charge on any atom is 0.240 e. The highest BCUT2D eigenvalue weighted by Crippen LogP contribution is 2.18. The second-order valence-corrected chi connectivity index (χ2v) is 5.61. The van der Waals surface area contributed by atoms with Crippen LogP contribution in [0.4, 0.5) is 11.4 Å². The molecular weight excluding hydrogens is 254 g/mol. The van der Waals surface area contributed by atoms with E-state index in [0.29, 0.717) is 12.2 Å². The number of hydrogen-bond donors (Lipinski definition) is 2. The van der Waals surface area contributed by atoms with E-state index in [2.05, 4.69) is 4.90 Å². The van der Waals surface area contributed by atoms with E-state index in [-0.39, 0.29) is 17.9 Å². The van der Waals surface area contributed by atoms with Crippen molar-refractivity contribution in [2.75, 3.05) is 37.3 Å². The first-order chi connectivity index (χ1) is 9.47. The molecule has 0 bridgehead atoms. The molecule has 110 valence electrons. The van der Waals surface area contributed by atoms with Gasteiger partial charge in [-0.2, -0.15) is 0 Å². The zero-order chi connectivity index (χ0) is 14.7. The van der Waals surface area contributed by atoms with E-state index < -0.39 is 0 Å². The summed E-state index contributed by atoms with van der Waals surface area (Å²) < 4.78 is 0. The van der Waals surface area contributed by atoms with Crippen molar-refractivity contribution in [1.82, 2.24) is 4.90 Å². The van der Waals surface area contributed by atoms with Crippen LogP contribution in [0.3, 0.4) is 0 Å². The molecule has 1 aliphatic heterocycles. The maximum atomic E-state index is 12.3. The summed E-state index contributed by atoms with van der Waals surface area (Å²) in [4.78, 5) is 16.0. The second-order valence-electron chi connectivity index (χ2n) is 5.61. The van der Waals surface area contributed by atoms with Crippen LogP contribution in [-0.4, -0.2) is 48.7 Å². The highest BCUT2D eigenvalue weighted by Gasteiger charge is 2.26. The van der Waals surface area contributed by atoms with E-state index >= 15 is 0 Å². The van der Waals surface area contributed by atoms with E-state index in [4.69, 9.17) is 5.73 Å². The summed E-state index contributed by atoms with van der Waals surface area (Å²) in [5.41, 5.74) is 7.18. The molecule has 0 saturated carbocycles. The number of nitrogens with two attached hydrogens (primary N) is 1. The number of carbonyl (C=O) groups is 1. The molecule has 0 radical (unpaired) electrons. The van der Waals surface area contributed by atoms with Crippen molar-refractivity contribution in [2.24, 2.45) is 5.92 Å². The Morgan fingerprint density at radius 3 is 2.70 bits per heavy atom. The molecule has 5 nitrogen and oxygen atoms in total. The van der Waals surface area contributed by atoms with Gasteiger partial charge >= 0.3 is 0 Å². The Balaban J connectivity index is 1.93. The summed E-state index contributed by atoms with van der Waals surface area (Å²) in [6, 6.07) is 7.27. The van der Waals surface area contributed by atoms with Crippen molar-refractivity contribution in [3.8, 4) is 0 Å². The van der Waals surface area contributed by atoms with Gasteiger partial charge in [0.25, 0.3) is 0 Å². The Bertz CT molecular complexity index is 461. The smallest absolute Gasteiger partial charge is 0.240 e. The van der Waals surface area contributed by atoms with E-state index in [0.717, 1.165) is 25.2 Å². The van der Waals surface area contributed by atoms with Gasteiger partial charge in [-0.15, -0.1) is 0 Å². The van der Waals surface area contributed by atoms with Gasteiger partial charge in [0.1, 0.15) is 0 Å². The van der Waals surface area contributed by atoms with Gasteiger partial charge in [-0.1, -0.05) is 6.92 Å². The molecule has 5 heteroatoms. The van der Waals surface area contributed by atoms with Crippen LogP contribution in [0.2, 0.25) is 0 Å². The summed E-state index contributed by atoms with van der Waals surface area (Å²) >= 11 is 0. The molecule has 1 aliphatic rings. The molecule has 1 saturated heterocycles. The number of likely N-dealkylation sites (N-methyl/N-ethyl adjacent to an activating group) is 1. The van der Waals surface area contributed by atoms with E-state index in [1.165, 1.54) is 0 Å². The molecule has 1 aromatic carbocycles. The SMILES string of the molecule is CC1CN(CC(=O)N(C)c2ccc(N)cc2)CCC1O. The van der Waals surface area contributed by atoms with E-state index in [1.807, 2.05) is 19.1 Å². The zero-order valence-electron chi connectivity index (χ0n) is 12.1. The monoisotopic (exact) mass is 277 g/mol. The van der Waals surface area contributed by atoms with Crippen LogP contribution in [0.5, 0.6) is 0 Å². The normalized spacial score (nSPS) is 23.6. The molecule has 1 heterocycles. The van der Waals surface area contributed by atoms with Gasteiger partial charge < -0.3 is 15.7 Å². The second kappa shape index (κ2) is 6.24. The molecule has 3 N–H and O–H groups in total. The summed E-state index contributed by atoms with van der Waals surface area (Å²) in [6.07, 6.45) is 0.496. The highest BCUT2D eigenvalue weighted by molar-refractivity contribution is 5.94. The highest BCUT2D eigenvalue weighted by atomic mass is 16.3. The van der Waals surface area contributed by atoms with Crippen LogP contribution in [0.1, 0.15) is 13.3 Å². The molecule has 0 spiro atoms. The predicted molar refractivity (Wildman–Crippen MR) is 80.5 cm³/mol. The van der Waals surface area contributed by atoms with Crippen molar-refractivity contribution >= 4 is 17.3 Å². The van der Waals surface area contributed by atoms with Crippen molar-refractivity contribution in [1.29, 1.82) is 0 Å². The standard InChI is InChI=1S/C15H23N3O2/c1-11-9-18(8-7-14(11)19)10-15(20)17(2)13-5-3-12(16)4-6-13/h3-6,11,14,19H,7-10,16H2,1-2H3. The number of aliphatic hydroxyl groups is 1. The topological polar surface area (TPSA) is 69.8 Å². The number of aliphatic hydroxyl groups excluding tert-OH is 1. The van der Waals surface area contributed by atoms with Gasteiger partial charge in [-0.05, 0) is 36.6 Å². The molecule has 2 unspecified atom stereocenters. The quantitative estimate of drug-likeness (QED) is 0.807. The van der Waals surface area contributed by atoms with Gasteiger partial charge in [0.2, 0.25) is 5.91 Å². The molecule has 1 fully saturated rings. The number of hydrogen-bond acceptors (Lipinski definition) is 4. The third-order valence-electron chi connectivity index (χ3n) is 3.96. The molecule has 0 aliphatic carbocycles. The Morgan fingerprint density at radius 1 is 1.45 bits per heavy atom. The number of likely N-dealkylation sites (tertiary alicyclic amines) is 1. The molecule has 1 aromatic rings. The third-order valence-corrected chi connectivity index (χ3v) is 3.96. The molecule has 1 amide bonds. The number of benzene rings is 1. The largest absolute Gasteiger partial charge is 0.399 e. The van der Waals surface area contributed by atoms with Crippen LogP contribution in [-0.2, 0) is 4.79 Å². The molecule has 2 rings (SSSR count). The number of anilines is 2. The Morgan fingerprint density at radius 2 is 2.10 bits per heavy atom. The number of rotatable bonds is 3. The average molecular weight is 277 g/mol. The van der Waals surface area contributed by atoms with Gasteiger partial charge in [0.15, 0.2) is 0 Å².